The summed E-state index contributed by atoms with van der Waals surface area (Å²) in [5.74, 6) is 0. The zero-order chi connectivity index (χ0) is 15.6. The number of nitrogens with two attached hydrogens (primary N) is 1. The van der Waals surface area contributed by atoms with Gasteiger partial charge in [0.15, 0.2) is 0 Å². The van der Waals surface area contributed by atoms with E-state index in [2.05, 4.69) is 20.8 Å². The first kappa shape index (κ1) is 17.3. The van der Waals surface area contributed by atoms with E-state index in [1.165, 1.54) is 15.6 Å². The summed E-state index contributed by atoms with van der Waals surface area (Å²) in [4.78, 5) is 2.65. The predicted molar refractivity (Wildman–Crippen MR) is 93.2 cm³/mol. The van der Waals surface area contributed by atoms with Crippen LogP contribution in [0.2, 0.25) is 0 Å². The average molecular weight is 412 g/mol. The Morgan fingerprint density at radius 1 is 1.48 bits per heavy atom. The van der Waals surface area contributed by atoms with Gasteiger partial charge in [0, 0.05) is 30.7 Å². The van der Waals surface area contributed by atoms with Crippen molar-refractivity contribution in [2.45, 2.75) is 23.6 Å². The van der Waals surface area contributed by atoms with E-state index in [0.29, 0.717) is 39.8 Å². The molecule has 1 aromatic heterocycles. The van der Waals surface area contributed by atoms with Gasteiger partial charge in [-0.05, 0) is 33.8 Å². The molecule has 2 N–H and O–H groups in total. The molecule has 0 radical (unpaired) electrons. The molecule has 118 valence electrons. The Morgan fingerprint density at radius 2 is 2.10 bits per heavy atom. The number of halogens is 1. The summed E-state index contributed by atoms with van der Waals surface area (Å²) < 4.78 is 27.7. The first-order valence-corrected chi connectivity index (χ1v) is 10.2. The predicted octanol–water partition coefficient (Wildman–Crippen LogP) is 1.88. The van der Waals surface area contributed by atoms with Gasteiger partial charge in [0.25, 0.3) is 10.0 Å². The smallest absolute Gasteiger partial charge is 0.253 e. The van der Waals surface area contributed by atoms with E-state index in [-0.39, 0.29) is 6.04 Å². The van der Waals surface area contributed by atoms with E-state index in [0.717, 1.165) is 6.42 Å². The third-order valence-corrected chi connectivity index (χ3v) is 8.41. The fourth-order valence-electron chi connectivity index (χ4n) is 2.48. The lowest BCUT2D eigenvalue weighted by molar-refractivity contribution is 0.165. The highest BCUT2D eigenvalue weighted by Crippen LogP contribution is 2.30. The summed E-state index contributed by atoms with van der Waals surface area (Å²) in [5.41, 5.74) is 5.75. The van der Waals surface area contributed by atoms with Crippen molar-refractivity contribution in [2.75, 3.05) is 26.2 Å². The van der Waals surface area contributed by atoms with E-state index in [1.54, 1.807) is 11.4 Å². The van der Waals surface area contributed by atoms with E-state index in [1.807, 2.05) is 6.92 Å². The summed E-state index contributed by atoms with van der Waals surface area (Å²) in [7, 11) is -3.41. The number of hydrogen-bond donors (Lipinski definition) is 1. The molecule has 1 aliphatic heterocycles. The molecule has 1 aliphatic rings. The van der Waals surface area contributed by atoms with Crippen molar-refractivity contribution in [3.8, 4) is 0 Å². The Bertz CT molecular complexity index is 609. The highest BCUT2D eigenvalue weighted by molar-refractivity contribution is 9.10. The molecule has 0 spiro atoms. The fourth-order valence-corrected chi connectivity index (χ4v) is 6.66. The lowest BCUT2D eigenvalue weighted by Crippen LogP contribution is -2.54. The van der Waals surface area contributed by atoms with Crippen molar-refractivity contribution >= 4 is 54.5 Å². The van der Waals surface area contributed by atoms with Crippen LogP contribution in [0.15, 0.2) is 20.1 Å². The molecule has 9 heteroatoms. The molecule has 0 aromatic carbocycles. The third-order valence-electron chi connectivity index (χ3n) is 3.59. The highest BCUT2D eigenvalue weighted by atomic mass is 79.9. The number of hydrogen-bond acceptors (Lipinski definition) is 5. The number of thiocarbonyl (C=S) groups is 1. The molecule has 0 amide bonds. The molecule has 1 atom stereocenters. The minimum atomic E-state index is -3.41. The molecule has 0 saturated carbocycles. The average Bonchev–Trinajstić information content (AvgIpc) is 2.87. The van der Waals surface area contributed by atoms with Gasteiger partial charge in [-0.3, -0.25) is 4.90 Å². The normalized spacial score (nSPS) is 19.5. The van der Waals surface area contributed by atoms with Gasteiger partial charge in [-0.2, -0.15) is 4.31 Å². The summed E-state index contributed by atoms with van der Waals surface area (Å²) in [6, 6.07) is 1.81. The second-order valence-corrected chi connectivity index (χ2v) is 9.20. The molecule has 2 rings (SSSR count). The molecule has 1 unspecified atom stereocenters. The van der Waals surface area contributed by atoms with Crippen LogP contribution >= 0.6 is 39.5 Å². The topological polar surface area (TPSA) is 66.6 Å². The standard InChI is InChI=1S/C12H18BrN3O2S3/c1-2-10(11(14)19)15-4-6-16(7-5-15)21(17,18)12-9(13)3-8-20-12/h3,8,10H,2,4-7H2,1H3,(H2,14,19). The van der Waals surface area contributed by atoms with Crippen molar-refractivity contribution < 1.29 is 8.42 Å². The van der Waals surface area contributed by atoms with Gasteiger partial charge in [0.1, 0.15) is 4.21 Å². The van der Waals surface area contributed by atoms with Crippen LogP contribution in [0.5, 0.6) is 0 Å². The Morgan fingerprint density at radius 3 is 2.52 bits per heavy atom. The highest BCUT2D eigenvalue weighted by Gasteiger charge is 2.32. The van der Waals surface area contributed by atoms with Gasteiger partial charge >= 0.3 is 0 Å². The Hall–Kier alpha value is -0.0600. The monoisotopic (exact) mass is 411 g/mol. The molecular weight excluding hydrogens is 394 g/mol. The lowest BCUT2D eigenvalue weighted by Gasteiger charge is -2.37. The summed E-state index contributed by atoms with van der Waals surface area (Å²) >= 11 is 9.61. The van der Waals surface area contributed by atoms with Crippen molar-refractivity contribution in [3.63, 3.8) is 0 Å². The Balaban J connectivity index is 2.08. The number of thiophene rings is 1. The van der Waals surface area contributed by atoms with Crippen LogP contribution < -0.4 is 5.73 Å². The van der Waals surface area contributed by atoms with Crippen molar-refractivity contribution in [1.29, 1.82) is 0 Å². The second kappa shape index (κ2) is 7.01. The third kappa shape index (κ3) is 3.65. The Labute approximate surface area is 143 Å². The number of piperazine rings is 1. The fraction of sp³-hybridized carbons (Fsp3) is 0.583. The SMILES string of the molecule is CCC(C(N)=S)N1CCN(S(=O)(=O)c2sccc2Br)CC1. The maximum atomic E-state index is 12.6. The summed E-state index contributed by atoms with van der Waals surface area (Å²) in [6.07, 6.45) is 0.846. The zero-order valence-electron chi connectivity index (χ0n) is 11.7. The quantitative estimate of drug-likeness (QED) is 0.749. The molecule has 0 bridgehead atoms. The van der Waals surface area contributed by atoms with Gasteiger partial charge in [0.05, 0.1) is 11.0 Å². The minimum absolute atomic E-state index is 0.0540. The van der Waals surface area contributed by atoms with Crippen LogP contribution in [0, 0.1) is 0 Å². The first-order chi connectivity index (χ1) is 9.87. The van der Waals surface area contributed by atoms with E-state index < -0.39 is 10.0 Å². The number of nitrogens with zero attached hydrogens (tertiary/aromatic N) is 2. The number of rotatable bonds is 5. The maximum Gasteiger partial charge on any atom is 0.253 e. The maximum absolute atomic E-state index is 12.6. The molecule has 1 saturated heterocycles. The van der Waals surface area contributed by atoms with Crippen LogP contribution in [0.4, 0.5) is 0 Å². The Kier molecular flexibility index (Phi) is 5.77. The summed E-state index contributed by atoms with van der Waals surface area (Å²) in [5, 5.41) is 1.77. The molecule has 1 aromatic rings. The van der Waals surface area contributed by atoms with Crippen LogP contribution in [-0.2, 0) is 10.0 Å². The molecular formula is C12H18BrN3O2S3. The first-order valence-electron chi connectivity index (χ1n) is 6.64. The van der Waals surface area contributed by atoms with Crippen LogP contribution in [0.3, 0.4) is 0 Å². The van der Waals surface area contributed by atoms with E-state index >= 15 is 0 Å². The molecule has 21 heavy (non-hydrogen) atoms. The van der Waals surface area contributed by atoms with E-state index in [4.69, 9.17) is 18.0 Å². The van der Waals surface area contributed by atoms with Crippen molar-refractivity contribution in [3.05, 3.63) is 15.9 Å². The van der Waals surface area contributed by atoms with E-state index in [9.17, 15) is 8.42 Å². The van der Waals surface area contributed by atoms with Crippen LogP contribution in [-0.4, -0.2) is 54.8 Å². The molecule has 5 nitrogen and oxygen atoms in total. The van der Waals surface area contributed by atoms with Crippen LogP contribution in [0.1, 0.15) is 13.3 Å². The van der Waals surface area contributed by atoms with Gasteiger partial charge in [-0.15, -0.1) is 11.3 Å². The van der Waals surface area contributed by atoms with Gasteiger partial charge < -0.3 is 5.73 Å². The molecule has 1 fully saturated rings. The minimum Gasteiger partial charge on any atom is -0.392 e. The number of sulfonamides is 1. The molecule has 0 aliphatic carbocycles. The van der Waals surface area contributed by atoms with Gasteiger partial charge in [-0.1, -0.05) is 19.1 Å². The largest absolute Gasteiger partial charge is 0.392 e. The van der Waals surface area contributed by atoms with Crippen LogP contribution in [0.25, 0.3) is 0 Å². The second-order valence-electron chi connectivity index (χ2n) is 4.82. The zero-order valence-corrected chi connectivity index (χ0v) is 15.7. The van der Waals surface area contributed by atoms with Crippen molar-refractivity contribution in [2.24, 2.45) is 5.73 Å². The van der Waals surface area contributed by atoms with Gasteiger partial charge in [-0.25, -0.2) is 8.42 Å². The van der Waals surface area contributed by atoms with Crippen molar-refractivity contribution in [1.82, 2.24) is 9.21 Å². The van der Waals surface area contributed by atoms with Gasteiger partial charge in [0.2, 0.25) is 0 Å². The summed E-state index contributed by atoms with van der Waals surface area (Å²) in [6.45, 7) is 4.27. The lowest BCUT2D eigenvalue weighted by atomic mass is 10.1. The molecule has 2 heterocycles.